The predicted molar refractivity (Wildman–Crippen MR) is 121 cm³/mol. The number of methoxy groups -OCH3 is 5. The van der Waals surface area contributed by atoms with Crippen LogP contribution in [0.1, 0.15) is 30.5 Å². The van der Waals surface area contributed by atoms with E-state index in [1.807, 2.05) is 6.92 Å². The summed E-state index contributed by atoms with van der Waals surface area (Å²) in [5.74, 6) is 1.82. The van der Waals surface area contributed by atoms with Crippen molar-refractivity contribution in [2.75, 3.05) is 42.2 Å². The fourth-order valence-corrected chi connectivity index (χ4v) is 3.28. The minimum atomic E-state index is -0.495. The van der Waals surface area contributed by atoms with Gasteiger partial charge in [-0.05, 0) is 49.2 Å². The van der Waals surface area contributed by atoms with Crippen molar-refractivity contribution in [3.8, 4) is 28.7 Å². The summed E-state index contributed by atoms with van der Waals surface area (Å²) in [5, 5.41) is 2.80. The summed E-state index contributed by atoms with van der Waals surface area (Å²) >= 11 is 0. The SMILES string of the molecule is COc1ccc(OC)c(C(C)NC(=O)COC(=O)CCc2cc(OC)c(OC)c(OC)c2)c1. The lowest BCUT2D eigenvalue weighted by Gasteiger charge is -2.18. The van der Waals surface area contributed by atoms with Crippen LogP contribution in [0.4, 0.5) is 0 Å². The van der Waals surface area contributed by atoms with E-state index in [1.54, 1.807) is 44.6 Å². The maximum absolute atomic E-state index is 12.3. The number of benzene rings is 2. The smallest absolute Gasteiger partial charge is 0.306 e. The average molecular weight is 462 g/mol. The van der Waals surface area contributed by atoms with Gasteiger partial charge in [0.1, 0.15) is 11.5 Å². The zero-order valence-electron chi connectivity index (χ0n) is 19.9. The summed E-state index contributed by atoms with van der Waals surface area (Å²) in [6.07, 6.45) is 0.472. The molecule has 0 bridgehead atoms. The third-order valence-electron chi connectivity index (χ3n) is 4.99. The lowest BCUT2D eigenvalue weighted by atomic mass is 10.1. The number of ether oxygens (including phenoxy) is 6. The van der Waals surface area contributed by atoms with Gasteiger partial charge in [0.15, 0.2) is 18.1 Å². The van der Waals surface area contributed by atoms with E-state index in [9.17, 15) is 9.59 Å². The second kappa shape index (κ2) is 12.4. The van der Waals surface area contributed by atoms with Gasteiger partial charge in [-0.2, -0.15) is 0 Å². The number of rotatable bonds is 12. The molecular weight excluding hydrogens is 430 g/mol. The molecule has 2 aromatic rings. The minimum Gasteiger partial charge on any atom is -0.497 e. The first-order valence-electron chi connectivity index (χ1n) is 10.3. The molecular formula is C24H31NO8. The highest BCUT2D eigenvalue weighted by atomic mass is 16.5. The third-order valence-corrected chi connectivity index (χ3v) is 4.99. The van der Waals surface area contributed by atoms with Gasteiger partial charge in [-0.1, -0.05) is 0 Å². The molecule has 2 aromatic carbocycles. The first-order valence-corrected chi connectivity index (χ1v) is 10.3. The van der Waals surface area contributed by atoms with Gasteiger partial charge in [0.05, 0.1) is 41.6 Å². The Morgan fingerprint density at radius 2 is 1.48 bits per heavy atom. The normalized spacial score (nSPS) is 11.2. The Kier molecular flexibility index (Phi) is 9.65. The number of nitrogens with one attached hydrogen (secondary N) is 1. The van der Waals surface area contributed by atoms with E-state index >= 15 is 0 Å². The fraction of sp³-hybridized carbons (Fsp3) is 0.417. The number of carbonyl (C=O) groups is 2. The van der Waals surface area contributed by atoms with Crippen LogP contribution >= 0.6 is 0 Å². The van der Waals surface area contributed by atoms with E-state index in [2.05, 4.69) is 5.32 Å². The maximum Gasteiger partial charge on any atom is 0.306 e. The molecule has 1 atom stereocenters. The van der Waals surface area contributed by atoms with Crippen LogP contribution in [0.5, 0.6) is 28.7 Å². The number of hydrogen-bond acceptors (Lipinski definition) is 8. The summed E-state index contributed by atoms with van der Waals surface area (Å²) in [5.41, 5.74) is 1.56. The zero-order chi connectivity index (χ0) is 24.4. The van der Waals surface area contributed by atoms with Crippen LogP contribution in [0.3, 0.4) is 0 Å². The molecule has 2 rings (SSSR count). The topological polar surface area (TPSA) is 102 Å². The van der Waals surface area contributed by atoms with Gasteiger partial charge in [-0.3, -0.25) is 9.59 Å². The van der Waals surface area contributed by atoms with Crippen LogP contribution in [-0.2, 0) is 20.7 Å². The van der Waals surface area contributed by atoms with E-state index in [4.69, 9.17) is 28.4 Å². The molecule has 1 amide bonds. The fourth-order valence-electron chi connectivity index (χ4n) is 3.28. The number of aryl methyl sites for hydroxylation is 1. The van der Waals surface area contributed by atoms with Gasteiger partial charge in [-0.15, -0.1) is 0 Å². The molecule has 9 heteroatoms. The molecule has 1 N–H and O–H groups in total. The monoisotopic (exact) mass is 461 g/mol. The number of hydrogen-bond donors (Lipinski definition) is 1. The second-order valence-electron chi connectivity index (χ2n) is 7.09. The van der Waals surface area contributed by atoms with Crippen molar-refractivity contribution >= 4 is 11.9 Å². The summed E-state index contributed by atoms with van der Waals surface area (Å²) in [6, 6.07) is 8.48. The van der Waals surface area contributed by atoms with Gasteiger partial charge in [-0.25, -0.2) is 0 Å². The maximum atomic E-state index is 12.3. The standard InChI is InChI=1S/C24H31NO8/c1-15(18-13-17(28-2)8-9-19(18)29-3)25-22(26)14-33-23(27)10-7-16-11-20(30-4)24(32-6)21(12-16)31-5/h8-9,11-13,15H,7,10,14H2,1-6H3,(H,25,26). The molecule has 1 unspecified atom stereocenters. The van der Waals surface area contributed by atoms with Gasteiger partial charge in [0, 0.05) is 12.0 Å². The highest BCUT2D eigenvalue weighted by molar-refractivity contribution is 5.81. The van der Waals surface area contributed by atoms with Crippen molar-refractivity contribution in [2.45, 2.75) is 25.8 Å². The average Bonchev–Trinajstić information content (AvgIpc) is 2.84. The Balaban J connectivity index is 1.89. The largest absolute Gasteiger partial charge is 0.497 e. The lowest BCUT2D eigenvalue weighted by molar-refractivity contribution is -0.148. The third kappa shape index (κ3) is 6.93. The van der Waals surface area contributed by atoms with Gasteiger partial charge in [0.2, 0.25) is 5.75 Å². The summed E-state index contributed by atoms with van der Waals surface area (Å²) in [7, 11) is 7.68. The minimum absolute atomic E-state index is 0.0885. The Bertz CT molecular complexity index is 934. The van der Waals surface area contributed by atoms with E-state index in [0.717, 1.165) is 11.1 Å². The summed E-state index contributed by atoms with van der Waals surface area (Å²) in [4.78, 5) is 24.5. The van der Waals surface area contributed by atoms with Crippen molar-refractivity contribution < 1.29 is 38.0 Å². The predicted octanol–water partition coefficient (Wildman–Crippen LogP) is 3.08. The Morgan fingerprint density at radius 1 is 0.848 bits per heavy atom. The molecule has 0 fully saturated rings. The van der Waals surface area contributed by atoms with Crippen LogP contribution in [0.25, 0.3) is 0 Å². The van der Waals surface area contributed by atoms with E-state index < -0.39 is 11.9 Å². The highest BCUT2D eigenvalue weighted by Crippen LogP contribution is 2.38. The van der Waals surface area contributed by atoms with Gasteiger partial charge in [0.25, 0.3) is 5.91 Å². The Labute approximate surface area is 193 Å². The van der Waals surface area contributed by atoms with E-state index in [0.29, 0.717) is 35.2 Å². The molecule has 0 spiro atoms. The summed E-state index contributed by atoms with van der Waals surface area (Å²) < 4.78 is 31.6. The van der Waals surface area contributed by atoms with Crippen molar-refractivity contribution in [1.29, 1.82) is 0 Å². The molecule has 0 aromatic heterocycles. The highest BCUT2D eigenvalue weighted by Gasteiger charge is 2.17. The van der Waals surface area contributed by atoms with Gasteiger partial charge >= 0.3 is 5.97 Å². The first-order chi connectivity index (χ1) is 15.9. The molecule has 0 aliphatic carbocycles. The van der Waals surface area contributed by atoms with Crippen LogP contribution in [0, 0.1) is 0 Å². The van der Waals surface area contributed by atoms with Crippen LogP contribution in [0.2, 0.25) is 0 Å². The first kappa shape index (κ1) is 25.6. The summed E-state index contributed by atoms with van der Waals surface area (Å²) in [6.45, 7) is 1.42. The quantitative estimate of drug-likeness (QED) is 0.481. The molecule has 9 nitrogen and oxygen atoms in total. The molecule has 33 heavy (non-hydrogen) atoms. The van der Waals surface area contributed by atoms with Crippen molar-refractivity contribution in [1.82, 2.24) is 5.32 Å². The van der Waals surface area contributed by atoms with Crippen LogP contribution < -0.4 is 29.0 Å². The van der Waals surface area contributed by atoms with Crippen LogP contribution in [0.15, 0.2) is 30.3 Å². The molecule has 180 valence electrons. The molecule has 0 aliphatic rings. The van der Waals surface area contributed by atoms with Crippen LogP contribution in [-0.4, -0.2) is 54.0 Å². The number of amides is 1. The number of carbonyl (C=O) groups excluding carboxylic acids is 2. The van der Waals surface area contributed by atoms with E-state index in [1.165, 1.54) is 21.3 Å². The van der Waals surface area contributed by atoms with Gasteiger partial charge < -0.3 is 33.7 Å². The molecule has 0 radical (unpaired) electrons. The van der Waals surface area contributed by atoms with E-state index in [-0.39, 0.29) is 19.1 Å². The zero-order valence-corrected chi connectivity index (χ0v) is 19.9. The lowest BCUT2D eigenvalue weighted by Crippen LogP contribution is -2.31. The molecule has 0 aliphatic heterocycles. The Hall–Kier alpha value is -3.62. The molecule has 0 heterocycles. The molecule has 0 saturated heterocycles. The second-order valence-corrected chi connectivity index (χ2v) is 7.09. The Morgan fingerprint density at radius 3 is 2.03 bits per heavy atom. The van der Waals surface area contributed by atoms with Crippen molar-refractivity contribution in [2.24, 2.45) is 0 Å². The number of esters is 1. The van der Waals surface area contributed by atoms with Crippen molar-refractivity contribution in [3.63, 3.8) is 0 Å². The molecule has 0 saturated carbocycles. The van der Waals surface area contributed by atoms with Crippen molar-refractivity contribution in [3.05, 3.63) is 41.5 Å².